The van der Waals surface area contributed by atoms with Gasteiger partial charge < -0.3 is 20.6 Å². The number of urea groups is 1. The lowest BCUT2D eigenvalue weighted by Gasteiger charge is -2.33. The van der Waals surface area contributed by atoms with Gasteiger partial charge in [0.1, 0.15) is 0 Å². The molecule has 0 spiro atoms. The zero-order chi connectivity index (χ0) is 15.3. The lowest BCUT2D eigenvalue weighted by Crippen LogP contribution is -2.51. The van der Waals surface area contributed by atoms with Crippen LogP contribution in [-0.2, 0) is 9.59 Å². The van der Waals surface area contributed by atoms with Crippen LogP contribution in [0.1, 0.15) is 33.6 Å². The first-order valence-corrected chi connectivity index (χ1v) is 6.75. The normalized spacial score (nSPS) is 16.6. The Kier molecular flexibility index (Phi) is 5.35. The molecule has 0 aromatic rings. The molecule has 1 saturated heterocycles. The molecular weight excluding hydrogens is 262 g/mol. The molecule has 3 amide bonds. The first-order valence-electron chi connectivity index (χ1n) is 6.75. The second kappa shape index (κ2) is 6.58. The quantitative estimate of drug-likeness (QED) is 0.696. The summed E-state index contributed by atoms with van der Waals surface area (Å²) in [7, 11) is 0. The highest BCUT2D eigenvalue weighted by atomic mass is 16.4. The summed E-state index contributed by atoms with van der Waals surface area (Å²) in [6.07, 6.45) is 1.44. The largest absolute Gasteiger partial charge is 0.481 e. The molecular formula is C13H23N3O4. The average molecular weight is 285 g/mol. The number of carboxylic acids is 1. The number of hydrogen-bond donors (Lipinski definition) is 3. The van der Waals surface area contributed by atoms with Gasteiger partial charge in [0.15, 0.2) is 0 Å². The van der Waals surface area contributed by atoms with Crippen molar-refractivity contribution in [3.8, 4) is 0 Å². The van der Waals surface area contributed by atoms with Gasteiger partial charge in [-0.15, -0.1) is 0 Å². The third kappa shape index (κ3) is 4.71. The topological polar surface area (TPSA) is 98.7 Å². The van der Waals surface area contributed by atoms with Crippen LogP contribution in [0.4, 0.5) is 4.79 Å². The number of carbonyl (C=O) groups is 3. The summed E-state index contributed by atoms with van der Waals surface area (Å²) in [6.45, 7) is 5.83. The minimum absolute atomic E-state index is 0.0592. The number of rotatable bonds is 4. The predicted molar refractivity (Wildman–Crippen MR) is 73.2 cm³/mol. The molecule has 7 heteroatoms. The smallest absolute Gasteiger partial charge is 0.317 e. The number of hydrogen-bond acceptors (Lipinski definition) is 3. The van der Waals surface area contributed by atoms with Crippen LogP contribution in [0.2, 0.25) is 0 Å². The molecule has 0 aromatic carbocycles. The van der Waals surface area contributed by atoms with Gasteiger partial charge in [-0.1, -0.05) is 0 Å². The highest BCUT2D eigenvalue weighted by Crippen LogP contribution is 2.14. The first kappa shape index (κ1) is 16.3. The van der Waals surface area contributed by atoms with Crippen molar-refractivity contribution in [2.24, 2.45) is 5.41 Å². The summed E-state index contributed by atoms with van der Waals surface area (Å²) in [4.78, 5) is 35.5. The van der Waals surface area contributed by atoms with Gasteiger partial charge in [0.05, 0.1) is 5.41 Å². The minimum atomic E-state index is -0.982. The average Bonchev–Trinajstić information content (AvgIpc) is 2.36. The molecule has 0 atom stereocenters. The molecule has 3 N–H and O–H groups in total. The van der Waals surface area contributed by atoms with Gasteiger partial charge in [0, 0.05) is 32.6 Å². The Morgan fingerprint density at radius 2 is 1.80 bits per heavy atom. The van der Waals surface area contributed by atoms with E-state index in [9.17, 15) is 14.4 Å². The number of likely N-dealkylation sites (tertiary alicyclic amines) is 1. The molecule has 0 bridgehead atoms. The summed E-state index contributed by atoms with van der Waals surface area (Å²) in [5.74, 6) is -1.00. The number of nitrogens with one attached hydrogen (secondary N) is 2. The van der Waals surface area contributed by atoms with Crippen LogP contribution in [0.5, 0.6) is 0 Å². The summed E-state index contributed by atoms with van der Waals surface area (Å²) >= 11 is 0. The highest BCUT2D eigenvalue weighted by Gasteiger charge is 2.29. The van der Waals surface area contributed by atoms with Gasteiger partial charge in [0.2, 0.25) is 5.91 Å². The SMILES string of the molecule is CC(=O)NC1CCN(C(=O)NCC(C)(C)C(=O)O)CC1. The molecule has 1 aliphatic heterocycles. The van der Waals surface area contributed by atoms with Crippen molar-refractivity contribution in [3.05, 3.63) is 0 Å². The van der Waals surface area contributed by atoms with E-state index in [-0.39, 0.29) is 24.5 Å². The Morgan fingerprint density at radius 1 is 1.25 bits per heavy atom. The Balaban J connectivity index is 2.36. The maximum absolute atomic E-state index is 11.9. The van der Waals surface area contributed by atoms with Gasteiger partial charge in [0.25, 0.3) is 0 Å². The number of amides is 3. The van der Waals surface area contributed by atoms with Crippen molar-refractivity contribution < 1.29 is 19.5 Å². The maximum atomic E-state index is 11.9. The van der Waals surface area contributed by atoms with Crippen LogP contribution in [0.25, 0.3) is 0 Å². The van der Waals surface area contributed by atoms with Crippen molar-refractivity contribution in [2.75, 3.05) is 19.6 Å². The summed E-state index contributed by atoms with van der Waals surface area (Å²) in [6, 6.07) is -0.132. The van der Waals surface area contributed by atoms with E-state index in [0.29, 0.717) is 13.1 Å². The molecule has 0 unspecified atom stereocenters. The third-order valence-electron chi connectivity index (χ3n) is 3.45. The van der Waals surface area contributed by atoms with E-state index in [1.165, 1.54) is 6.92 Å². The molecule has 1 heterocycles. The van der Waals surface area contributed by atoms with Crippen molar-refractivity contribution in [1.29, 1.82) is 0 Å². The highest BCUT2D eigenvalue weighted by molar-refractivity contribution is 5.77. The Morgan fingerprint density at radius 3 is 2.25 bits per heavy atom. The third-order valence-corrected chi connectivity index (χ3v) is 3.45. The molecule has 7 nitrogen and oxygen atoms in total. The monoisotopic (exact) mass is 285 g/mol. The molecule has 0 radical (unpaired) electrons. The summed E-state index contributed by atoms with van der Waals surface area (Å²) < 4.78 is 0. The van der Waals surface area contributed by atoms with Crippen LogP contribution in [-0.4, -0.2) is 53.6 Å². The van der Waals surface area contributed by atoms with Crippen molar-refractivity contribution >= 4 is 17.9 Å². The van der Waals surface area contributed by atoms with E-state index in [0.717, 1.165) is 12.8 Å². The Labute approximate surface area is 118 Å². The van der Waals surface area contributed by atoms with Crippen molar-refractivity contribution in [3.63, 3.8) is 0 Å². The number of piperidine rings is 1. The lowest BCUT2D eigenvalue weighted by atomic mass is 9.94. The zero-order valence-electron chi connectivity index (χ0n) is 12.2. The Hall–Kier alpha value is -1.79. The number of aliphatic carboxylic acids is 1. The van der Waals surface area contributed by atoms with Crippen LogP contribution < -0.4 is 10.6 Å². The van der Waals surface area contributed by atoms with E-state index in [4.69, 9.17) is 5.11 Å². The van der Waals surface area contributed by atoms with E-state index in [1.807, 2.05) is 0 Å². The van der Waals surface area contributed by atoms with Gasteiger partial charge in [-0.3, -0.25) is 9.59 Å². The number of carboxylic acid groups (broad SMARTS) is 1. The molecule has 20 heavy (non-hydrogen) atoms. The van der Waals surface area contributed by atoms with Crippen LogP contribution >= 0.6 is 0 Å². The van der Waals surface area contributed by atoms with Gasteiger partial charge in [-0.05, 0) is 26.7 Å². The van der Waals surface area contributed by atoms with Gasteiger partial charge in [-0.25, -0.2) is 4.79 Å². The molecule has 0 saturated carbocycles. The number of nitrogens with zero attached hydrogens (tertiary/aromatic N) is 1. The van der Waals surface area contributed by atoms with E-state index >= 15 is 0 Å². The van der Waals surface area contributed by atoms with Crippen LogP contribution in [0.15, 0.2) is 0 Å². The van der Waals surface area contributed by atoms with E-state index in [2.05, 4.69) is 10.6 Å². The first-order chi connectivity index (χ1) is 9.22. The second-order valence-corrected chi connectivity index (χ2v) is 5.81. The molecule has 1 rings (SSSR count). The zero-order valence-corrected chi connectivity index (χ0v) is 12.2. The van der Waals surface area contributed by atoms with Crippen LogP contribution in [0.3, 0.4) is 0 Å². The molecule has 0 aliphatic carbocycles. The van der Waals surface area contributed by atoms with Crippen molar-refractivity contribution in [1.82, 2.24) is 15.5 Å². The standard InChI is InChI=1S/C13H23N3O4/c1-9(17)15-10-4-6-16(7-5-10)12(20)14-8-13(2,3)11(18)19/h10H,4-8H2,1-3H3,(H,14,20)(H,15,17)(H,18,19). The molecule has 1 aliphatic rings. The fraction of sp³-hybridized carbons (Fsp3) is 0.769. The molecule has 114 valence electrons. The summed E-state index contributed by atoms with van der Waals surface area (Å²) in [5.41, 5.74) is -0.982. The molecule has 1 fully saturated rings. The molecule has 0 aromatic heterocycles. The fourth-order valence-electron chi connectivity index (χ4n) is 2.00. The van der Waals surface area contributed by atoms with E-state index in [1.54, 1.807) is 18.7 Å². The van der Waals surface area contributed by atoms with Gasteiger partial charge >= 0.3 is 12.0 Å². The second-order valence-electron chi connectivity index (χ2n) is 5.81. The minimum Gasteiger partial charge on any atom is -0.481 e. The Bertz CT molecular complexity index is 387. The predicted octanol–water partition coefficient (Wildman–Crippen LogP) is 0.407. The lowest BCUT2D eigenvalue weighted by molar-refractivity contribution is -0.146. The fourth-order valence-corrected chi connectivity index (χ4v) is 2.00. The van der Waals surface area contributed by atoms with Crippen molar-refractivity contribution in [2.45, 2.75) is 39.7 Å². The van der Waals surface area contributed by atoms with Crippen LogP contribution in [0, 0.1) is 5.41 Å². The summed E-state index contributed by atoms with van der Waals surface area (Å²) in [5, 5.41) is 14.5. The van der Waals surface area contributed by atoms with E-state index < -0.39 is 11.4 Å². The van der Waals surface area contributed by atoms with Gasteiger partial charge in [-0.2, -0.15) is 0 Å². The maximum Gasteiger partial charge on any atom is 0.317 e. The number of carbonyl (C=O) groups excluding carboxylic acids is 2.